The van der Waals surface area contributed by atoms with E-state index >= 15 is 0 Å². The summed E-state index contributed by atoms with van der Waals surface area (Å²) in [5, 5.41) is 10.0. The third kappa shape index (κ3) is 3.94. The largest absolute Gasteiger partial charge is 0.396 e. The fourth-order valence-electron chi connectivity index (χ4n) is 5.26. The summed E-state index contributed by atoms with van der Waals surface area (Å²) in [5.74, 6) is 0.452. The van der Waals surface area contributed by atoms with Gasteiger partial charge in [-0.15, -0.1) is 0 Å². The summed E-state index contributed by atoms with van der Waals surface area (Å²) in [4.78, 5) is 30.5. The first-order chi connectivity index (χ1) is 13.6. The van der Waals surface area contributed by atoms with Crippen molar-refractivity contribution in [1.82, 2.24) is 14.7 Å². The van der Waals surface area contributed by atoms with Crippen LogP contribution in [0.15, 0.2) is 30.3 Å². The third-order valence-electron chi connectivity index (χ3n) is 6.96. The van der Waals surface area contributed by atoms with Crippen molar-refractivity contribution in [3.05, 3.63) is 35.9 Å². The Morgan fingerprint density at radius 1 is 1.14 bits per heavy atom. The number of piperidine rings is 1. The molecule has 3 heterocycles. The average Bonchev–Trinajstić information content (AvgIpc) is 3.26. The van der Waals surface area contributed by atoms with Gasteiger partial charge in [0.05, 0.1) is 6.54 Å². The molecule has 0 bridgehead atoms. The number of nitrogens with zero attached hydrogens (tertiary/aromatic N) is 3. The van der Waals surface area contributed by atoms with Gasteiger partial charge in [0.25, 0.3) is 0 Å². The standard InChI is InChI=1S/C22H31N3O3/c26-16-19-14-23(13-18-5-2-1-3-6-18)17-22(19)8-11-24(12-9-22)21(28)15-25-10-4-7-20(25)27/h1-3,5-6,19,26H,4,7-17H2. The monoisotopic (exact) mass is 385 g/mol. The van der Waals surface area contributed by atoms with Crippen molar-refractivity contribution >= 4 is 11.8 Å². The van der Waals surface area contributed by atoms with Crippen molar-refractivity contribution in [2.24, 2.45) is 11.3 Å². The van der Waals surface area contributed by atoms with Gasteiger partial charge in [-0.1, -0.05) is 30.3 Å². The fraction of sp³-hybridized carbons (Fsp3) is 0.636. The summed E-state index contributed by atoms with van der Waals surface area (Å²) in [6.45, 7) is 5.44. The number of aliphatic hydroxyl groups excluding tert-OH is 1. The number of carbonyl (C=O) groups is 2. The Labute approximate surface area is 167 Å². The first-order valence-electron chi connectivity index (χ1n) is 10.5. The molecule has 1 spiro atoms. The van der Waals surface area contributed by atoms with Crippen LogP contribution in [0.25, 0.3) is 0 Å². The van der Waals surface area contributed by atoms with E-state index in [0.29, 0.717) is 13.0 Å². The maximum absolute atomic E-state index is 12.6. The molecule has 2 amide bonds. The van der Waals surface area contributed by atoms with Gasteiger partial charge < -0.3 is 14.9 Å². The molecule has 1 aromatic carbocycles. The third-order valence-corrected chi connectivity index (χ3v) is 6.96. The molecule has 1 aromatic rings. The van der Waals surface area contributed by atoms with Crippen LogP contribution >= 0.6 is 0 Å². The van der Waals surface area contributed by atoms with Crippen LogP contribution in [-0.2, 0) is 16.1 Å². The van der Waals surface area contributed by atoms with Crippen molar-refractivity contribution in [1.29, 1.82) is 0 Å². The lowest BCUT2D eigenvalue weighted by Gasteiger charge is -2.42. The van der Waals surface area contributed by atoms with Crippen molar-refractivity contribution in [3.8, 4) is 0 Å². The zero-order valence-electron chi connectivity index (χ0n) is 16.6. The van der Waals surface area contributed by atoms with Gasteiger partial charge in [-0.3, -0.25) is 14.5 Å². The van der Waals surface area contributed by atoms with Crippen LogP contribution in [0.1, 0.15) is 31.2 Å². The second-order valence-corrected chi connectivity index (χ2v) is 8.70. The van der Waals surface area contributed by atoms with Crippen molar-refractivity contribution in [3.63, 3.8) is 0 Å². The predicted octanol–water partition coefficient (Wildman–Crippen LogP) is 1.34. The molecule has 1 unspecified atom stereocenters. The molecule has 28 heavy (non-hydrogen) atoms. The molecular weight excluding hydrogens is 354 g/mol. The van der Waals surface area contributed by atoms with E-state index < -0.39 is 0 Å². The minimum Gasteiger partial charge on any atom is -0.396 e. The highest BCUT2D eigenvalue weighted by Crippen LogP contribution is 2.45. The van der Waals surface area contributed by atoms with E-state index in [1.54, 1.807) is 4.90 Å². The van der Waals surface area contributed by atoms with Crippen LogP contribution in [0.4, 0.5) is 0 Å². The molecule has 3 saturated heterocycles. The molecule has 3 fully saturated rings. The average molecular weight is 386 g/mol. The van der Waals surface area contributed by atoms with Crippen molar-refractivity contribution in [2.45, 2.75) is 32.2 Å². The zero-order valence-corrected chi connectivity index (χ0v) is 16.6. The lowest BCUT2D eigenvalue weighted by atomic mass is 9.71. The molecule has 3 aliphatic heterocycles. The number of likely N-dealkylation sites (tertiary alicyclic amines) is 3. The summed E-state index contributed by atoms with van der Waals surface area (Å²) in [7, 11) is 0. The second kappa shape index (κ2) is 8.21. The Morgan fingerprint density at radius 2 is 1.89 bits per heavy atom. The molecule has 0 aromatic heterocycles. The van der Waals surface area contributed by atoms with Gasteiger partial charge in [0.15, 0.2) is 0 Å². The first kappa shape index (κ1) is 19.4. The molecule has 6 nitrogen and oxygen atoms in total. The van der Waals surface area contributed by atoms with Gasteiger partial charge in [0, 0.05) is 58.2 Å². The minimum atomic E-state index is 0.0739. The molecule has 6 heteroatoms. The van der Waals surface area contributed by atoms with E-state index in [1.807, 2.05) is 11.0 Å². The minimum absolute atomic E-state index is 0.0739. The molecule has 1 atom stereocenters. The lowest BCUT2D eigenvalue weighted by Crippen LogP contribution is -2.49. The number of benzene rings is 1. The van der Waals surface area contributed by atoms with Crippen LogP contribution in [0.5, 0.6) is 0 Å². The Kier molecular flexibility index (Phi) is 5.69. The van der Waals surface area contributed by atoms with Gasteiger partial charge in [0.1, 0.15) is 0 Å². The first-order valence-corrected chi connectivity index (χ1v) is 10.5. The highest BCUT2D eigenvalue weighted by molar-refractivity contribution is 5.85. The van der Waals surface area contributed by atoms with Crippen LogP contribution < -0.4 is 0 Å². The second-order valence-electron chi connectivity index (χ2n) is 8.70. The summed E-state index contributed by atoms with van der Waals surface area (Å²) >= 11 is 0. The molecule has 4 rings (SSSR count). The smallest absolute Gasteiger partial charge is 0.242 e. The quantitative estimate of drug-likeness (QED) is 0.831. The SMILES string of the molecule is O=C(CN1CCCC1=O)N1CCC2(CC1)CN(Cc1ccccc1)CC2CO. The number of amides is 2. The van der Waals surface area contributed by atoms with Crippen molar-refractivity contribution in [2.75, 3.05) is 45.9 Å². The summed E-state index contributed by atoms with van der Waals surface area (Å²) in [6.07, 6.45) is 3.31. The number of aliphatic hydroxyl groups is 1. The van der Waals surface area contributed by atoms with Crippen LogP contribution in [0.2, 0.25) is 0 Å². The maximum atomic E-state index is 12.6. The molecule has 152 valence electrons. The number of rotatable bonds is 5. The maximum Gasteiger partial charge on any atom is 0.242 e. The zero-order chi connectivity index (χ0) is 19.6. The van der Waals surface area contributed by atoms with Crippen LogP contribution in [0, 0.1) is 11.3 Å². The molecular formula is C22H31N3O3. The Morgan fingerprint density at radius 3 is 2.54 bits per heavy atom. The lowest BCUT2D eigenvalue weighted by molar-refractivity contribution is -0.140. The molecule has 0 aliphatic carbocycles. The Balaban J connectivity index is 1.34. The normalized spacial score (nSPS) is 25.0. The van der Waals surface area contributed by atoms with E-state index in [1.165, 1.54) is 5.56 Å². The van der Waals surface area contributed by atoms with Gasteiger partial charge in [-0.05, 0) is 30.2 Å². The summed E-state index contributed by atoms with van der Waals surface area (Å²) in [6, 6.07) is 10.5. The highest BCUT2D eigenvalue weighted by atomic mass is 16.3. The Hall–Kier alpha value is -1.92. The van der Waals surface area contributed by atoms with Gasteiger partial charge in [0.2, 0.25) is 11.8 Å². The number of hydrogen-bond donors (Lipinski definition) is 1. The fourth-order valence-corrected chi connectivity index (χ4v) is 5.26. The Bertz CT molecular complexity index is 700. The number of carbonyl (C=O) groups excluding carboxylic acids is 2. The van der Waals surface area contributed by atoms with E-state index in [0.717, 1.165) is 52.0 Å². The van der Waals surface area contributed by atoms with Crippen molar-refractivity contribution < 1.29 is 14.7 Å². The molecule has 1 N–H and O–H groups in total. The molecule has 0 saturated carbocycles. The molecule has 0 radical (unpaired) electrons. The van der Waals surface area contributed by atoms with Crippen LogP contribution in [-0.4, -0.2) is 77.5 Å². The number of hydrogen-bond acceptors (Lipinski definition) is 4. The van der Waals surface area contributed by atoms with Gasteiger partial charge in [-0.2, -0.15) is 0 Å². The van der Waals surface area contributed by atoms with E-state index in [2.05, 4.69) is 29.2 Å². The van der Waals surface area contributed by atoms with E-state index in [-0.39, 0.29) is 36.3 Å². The predicted molar refractivity (Wildman–Crippen MR) is 106 cm³/mol. The topological polar surface area (TPSA) is 64.1 Å². The van der Waals surface area contributed by atoms with Crippen LogP contribution in [0.3, 0.4) is 0 Å². The summed E-state index contributed by atoms with van der Waals surface area (Å²) in [5.41, 5.74) is 1.41. The van der Waals surface area contributed by atoms with Gasteiger partial charge >= 0.3 is 0 Å². The van der Waals surface area contributed by atoms with E-state index in [4.69, 9.17) is 0 Å². The van der Waals surface area contributed by atoms with Gasteiger partial charge in [-0.25, -0.2) is 0 Å². The highest BCUT2D eigenvalue weighted by Gasteiger charge is 2.48. The summed E-state index contributed by atoms with van der Waals surface area (Å²) < 4.78 is 0. The molecule has 3 aliphatic rings. The van der Waals surface area contributed by atoms with E-state index in [9.17, 15) is 14.7 Å².